The summed E-state index contributed by atoms with van der Waals surface area (Å²) in [5.41, 5.74) is 1.33. The van der Waals surface area contributed by atoms with Crippen LogP contribution in [0.5, 0.6) is 0 Å². The number of thiazole rings is 1. The van der Waals surface area contributed by atoms with Crippen molar-refractivity contribution in [3.8, 4) is 0 Å². The number of rotatable bonds is 4. The maximum Gasteiger partial charge on any atom is 0.358 e. The molecule has 3 aliphatic carbocycles. The van der Waals surface area contributed by atoms with Crippen molar-refractivity contribution in [2.24, 2.45) is 35.0 Å². The van der Waals surface area contributed by atoms with Gasteiger partial charge in [0.15, 0.2) is 11.8 Å². The van der Waals surface area contributed by atoms with Gasteiger partial charge in [0, 0.05) is 47.5 Å². The quantitative estimate of drug-likeness (QED) is 0.423. The third kappa shape index (κ3) is 3.54. The average Bonchev–Trinajstić information content (AvgIpc) is 3.58. The minimum Gasteiger partial charge on any atom is -0.457 e. The van der Waals surface area contributed by atoms with Crippen LogP contribution in [0.1, 0.15) is 51.0 Å². The molecule has 7 rings (SSSR count). The van der Waals surface area contributed by atoms with Crippen molar-refractivity contribution in [3.63, 3.8) is 0 Å². The molecule has 1 unspecified atom stereocenters. The van der Waals surface area contributed by atoms with Gasteiger partial charge in [0.05, 0.1) is 23.8 Å². The Morgan fingerprint density at radius 1 is 1.28 bits per heavy atom. The molecule has 4 bridgehead atoms. The maximum absolute atomic E-state index is 13.2. The third-order valence-electron chi connectivity index (χ3n) is 10.3. The molecule has 0 amide bonds. The Morgan fingerprint density at radius 3 is 2.72 bits per heavy atom. The summed E-state index contributed by atoms with van der Waals surface area (Å²) < 4.78 is 24.3. The zero-order chi connectivity index (χ0) is 27.9. The van der Waals surface area contributed by atoms with E-state index in [9.17, 15) is 19.8 Å². The summed E-state index contributed by atoms with van der Waals surface area (Å²) in [6, 6.07) is 0. The van der Waals surface area contributed by atoms with Crippen molar-refractivity contribution >= 4 is 23.3 Å². The highest BCUT2D eigenvalue weighted by Crippen LogP contribution is 2.78. The number of aromatic nitrogens is 1. The largest absolute Gasteiger partial charge is 0.457 e. The highest BCUT2D eigenvalue weighted by Gasteiger charge is 2.85. The summed E-state index contributed by atoms with van der Waals surface area (Å²) in [5, 5.41) is 24.3. The normalized spacial score (nSPS) is 48.5. The molecular weight excluding hydrogens is 522 g/mol. The molecule has 4 fully saturated rings. The summed E-state index contributed by atoms with van der Waals surface area (Å²) in [7, 11) is 1.48. The topological polar surface area (TPSA) is 124 Å². The standard InChI is InChI=1S/C29H37NO8S/c1-13-8-14(2)29-17(9-22(35-5)27(34)37-23(13)16(4)31)6-7-18-24(38-29)19-10-21(15(3)25(32)28(18,19)29)36-26(33)20-11-39-12-30-20/h6-8,11-13,15-19,21-25,31-32H,9-10H2,1-5H3/b14-8+/t13-,15+,16-,17-,18+,19?,21+,22+,23+,24-,25-,28-,29+/m1/s1. The van der Waals surface area contributed by atoms with E-state index in [1.807, 2.05) is 26.8 Å². The predicted molar refractivity (Wildman–Crippen MR) is 141 cm³/mol. The van der Waals surface area contributed by atoms with Gasteiger partial charge in [0.1, 0.15) is 17.8 Å². The SMILES string of the molecule is CO[C@H]1C[C@H]2C=C[C@H]3[C@H]4O[C@]2(/C(C)=C/[C@@H](C)[C@@H]([C@@H](C)O)OC1=O)[C@@]31C4C[C@H](OC(=O)c2cscn2)[C@H](C)[C@H]1O. The van der Waals surface area contributed by atoms with E-state index < -0.39 is 53.5 Å². The lowest BCUT2D eigenvalue weighted by Gasteiger charge is -2.65. The number of aliphatic hydroxyl groups excluding tert-OH is 2. The number of hydrogen-bond acceptors (Lipinski definition) is 10. The second-order valence-electron chi connectivity index (χ2n) is 12.0. The van der Waals surface area contributed by atoms with Crippen LogP contribution < -0.4 is 0 Å². The van der Waals surface area contributed by atoms with E-state index in [1.165, 1.54) is 18.4 Å². The summed E-state index contributed by atoms with van der Waals surface area (Å²) in [4.78, 5) is 30.0. The van der Waals surface area contributed by atoms with Gasteiger partial charge in [-0.1, -0.05) is 32.1 Å². The van der Waals surface area contributed by atoms with Gasteiger partial charge in [-0.15, -0.1) is 11.3 Å². The molecule has 2 saturated heterocycles. The fraction of sp³-hybridized carbons (Fsp3) is 0.690. The van der Waals surface area contributed by atoms with E-state index in [1.54, 1.807) is 17.8 Å². The molecule has 2 saturated carbocycles. The van der Waals surface area contributed by atoms with E-state index in [-0.39, 0.29) is 41.4 Å². The van der Waals surface area contributed by atoms with Crippen LogP contribution in [0.2, 0.25) is 0 Å². The summed E-state index contributed by atoms with van der Waals surface area (Å²) >= 11 is 1.33. The third-order valence-corrected chi connectivity index (χ3v) is 10.9. The highest BCUT2D eigenvalue weighted by atomic mass is 32.1. The first-order valence-corrected chi connectivity index (χ1v) is 14.8. The van der Waals surface area contributed by atoms with Gasteiger partial charge in [-0.25, -0.2) is 14.6 Å². The first-order chi connectivity index (χ1) is 18.6. The number of cyclic esters (lactones) is 1. The molecule has 4 heterocycles. The zero-order valence-electron chi connectivity index (χ0n) is 22.9. The van der Waals surface area contributed by atoms with E-state index in [0.29, 0.717) is 12.8 Å². The smallest absolute Gasteiger partial charge is 0.358 e. The van der Waals surface area contributed by atoms with E-state index >= 15 is 0 Å². The number of ether oxygens (including phenoxy) is 4. The Balaban J connectivity index is 1.41. The number of methoxy groups -OCH3 is 1. The van der Waals surface area contributed by atoms with Crippen molar-refractivity contribution in [3.05, 3.63) is 40.4 Å². The monoisotopic (exact) mass is 559 g/mol. The van der Waals surface area contributed by atoms with Gasteiger partial charge in [-0.05, 0) is 32.3 Å². The van der Waals surface area contributed by atoms with Crippen molar-refractivity contribution < 1.29 is 38.7 Å². The molecule has 0 radical (unpaired) electrons. The summed E-state index contributed by atoms with van der Waals surface area (Å²) in [6.07, 6.45) is 3.28. The number of nitrogens with zero attached hydrogens (tertiary/aromatic N) is 1. The van der Waals surface area contributed by atoms with Crippen LogP contribution in [0, 0.1) is 35.0 Å². The fourth-order valence-corrected chi connectivity index (χ4v) is 9.20. The van der Waals surface area contributed by atoms with Gasteiger partial charge < -0.3 is 29.2 Å². The first kappa shape index (κ1) is 27.1. The van der Waals surface area contributed by atoms with Gasteiger partial charge in [0.2, 0.25) is 0 Å². The van der Waals surface area contributed by atoms with Crippen LogP contribution in [-0.4, -0.2) is 76.5 Å². The molecular formula is C29H37NO8S. The van der Waals surface area contributed by atoms with Gasteiger partial charge in [0.25, 0.3) is 0 Å². The average molecular weight is 560 g/mol. The molecule has 10 heteroatoms. The molecule has 3 aliphatic heterocycles. The highest BCUT2D eigenvalue weighted by molar-refractivity contribution is 7.07. The molecule has 0 aromatic carbocycles. The molecule has 9 nitrogen and oxygen atoms in total. The van der Waals surface area contributed by atoms with Gasteiger partial charge in [-0.3, -0.25) is 0 Å². The van der Waals surface area contributed by atoms with Crippen molar-refractivity contribution in [2.45, 2.75) is 82.8 Å². The first-order valence-electron chi connectivity index (χ1n) is 13.8. The van der Waals surface area contributed by atoms with Crippen LogP contribution in [0.15, 0.2) is 34.7 Å². The van der Waals surface area contributed by atoms with E-state index in [4.69, 9.17) is 18.9 Å². The minimum atomic E-state index is -0.880. The van der Waals surface area contributed by atoms with E-state index in [0.717, 1.165) is 5.57 Å². The van der Waals surface area contributed by atoms with Crippen molar-refractivity contribution in [2.75, 3.05) is 7.11 Å². The lowest BCUT2D eigenvalue weighted by molar-refractivity contribution is -0.210. The number of hydrogen-bond donors (Lipinski definition) is 2. The number of aliphatic hydroxyl groups is 2. The second kappa shape index (κ2) is 9.48. The molecule has 212 valence electrons. The Kier molecular flexibility index (Phi) is 6.58. The van der Waals surface area contributed by atoms with Crippen molar-refractivity contribution in [1.29, 1.82) is 0 Å². The fourth-order valence-electron chi connectivity index (χ4n) is 8.68. The summed E-state index contributed by atoms with van der Waals surface area (Å²) in [5.74, 6) is -1.90. The van der Waals surface area contributed by atoms with Crippen LogP contribution in [0.3, 0.4) is 0 Å². The predicted octanol–water partition coefficient (Wildman–Crippen LogP) is 2.92. The van der Waals surface area contributed by atoms with Crippen molar-refractivity contribution in [1.82, 2.24) is 4.98 Å². The molecule has 2 spiro atoms. The Hall–Kier alpha value is -2.11. The minimum absolute atomic E-state index is 0.00787. The Morgan fingerprint density at radius 2 is 2.05 bits per heavy atom. The summed E-state index contributed by atoms with van der Waals surface area (Å²) in [6.45, 7) is 7.50. The molecule has 13 atom stereocenters. The van der Waals surface area contributed by atoms with Gasteiger partial charge >= 0.3 is 11.9 Å². The maximum atomic E-state index is 13.2. The zero-order valence-corrected chi connectivity index (χ0v) is 23.7. The molecule has 6 aliphatic rings. The van der Waals surface area contributed by atoms with Crippen LogP contribution in [0.25, 0.3) is 0 Å². The molecule has 1 aromatic rings. The van der Waals surface area contributed by atoms with Crippen LogP contribution >= 0.6 is 11.3 Å². The number of carbonyl (C=O) groups excluding carboxylic acids is 2. The van der Waals surface area contributed by atoms with Crippen LogP contribution in [-0.2, 0) is 23.7 Å². The van der Waals surface area contributed by atoms with Crippen LogP contribution in [0.4, 0.5) is 0 Å². The Bertz CT molecular complexity index is 1200. The molecule has 2 N–H and O–H groups in total. The molecule has 39 heavy (non-hydrogen) atoms. The Labute approximate surface area is 232 Å². The number of esters is 2. The number of carbonyl (C=O) groups is 2. The molecule has 1 aromatic heterocycles. The second-order valence-corrected chi connectivity index (χ2v) is 12.8. The van der Waals surface area contributed by atoms with E-state index in [2.05, 4.69) is 17.1 Å². The van der Waals surface area contributed by atoms with Gasteiger partial charge in [-0.2, -0.15) is 0 Å². The lowest BCUT2D eigenvalue weighted by Crippen LogP contribution is -2.73. The lowest BCUT2D eigenvalue weighted by atomic mass is 9.36.